The number of hydrogen-bond donors (Lipinski definition) is 1. The number of rotatable bonds is 8. The van der Waals surface area contributed by atoms with Crippen molar-refractivity contribution in [1.82, 2.24) is 19.9 Å². The fourth-order valence-electron chi connectivity index (χ4n) is 4.08. The Morgan fingerprint density at radius 1 is 1.00 bits per heavy atom. The standard InChI is InChI=1S/C25H29N5O2/c1-32-13-10-24-28-14-18(15-29-24)17-30-11-8-20(9-12-30)23-7-6-22(16-27-23)19-2-4-21(5-3-19)25(26)31/h2-7,14-16,20H,8-13,17H2,1H3,(H2,26,31). The number of pyridine rings is 1. The second kappa shape index (κ2) is 10.4. The molecule has 3 heterocycles. The van der Waals surface area contributed by atoms with Crippen LogP contribution in [0.4, 0.5) is 0 Å². The van der Waals surface area contributed by atoms with Crippen LogP contribution in [-0.4, -0.2) is 52.6 Å². The molecule has 32 heavy (non-hydrogen) atoms. The monoisotopic (exact) mass is 431 g/mol. The van der Waals surface area contributed by atoms with Gasteiger partial charge in [-0.05, 0) is 49.7 Å². The van der Waals surface area contributed by atoms with E-state index in [1.54, 1.807) is 19.2 Å². The zero-order valence-electron chi connectivity index (χ0n) is 18.4. The topological polar surface area (TPSA) is 94.2 Å². The van der Waals surface area contributed by atoms with E-state index in [9.17, 15) is 4.79 Å². The molecule has 0 radical (unpaired) electrons. The van der Waals surface area contributed by atoms with Gasteiger partial charge in [0.15, 0.2) is 0 Å². The minimum Gasteiger partial charge on any atom is -0.384 e. The molecule has 0 saturated carbocycles. The van der Waals surface area contributed by atoms with E-state index in [0.29, 0.717) is 18.1 Å². The lowest BCUT2D eigenvalue weighted by molar-refractivity contribution is 0.100. The summed E-state index contributed by atoms with van der Waals surface area (Å²) in [4.78, 5) is 27.3. The number of benzene rings is 1. The van der Waals surface area contributed by atoms with Crippen molar-refractivity contribution in [3.8, 4) is 11.1 Å². The number of nitrogens with zero attached hydrogens (tertiary/aromatic N) is 4. The number of nitrogens with two attached hydrogens (primary N) is 1. The summed E-state index contributed by atoms with van der Waals surface area (Å²) in [6.45, 7) is 3.59. The number of carbonyl (C=O) groups excluding carboxylic acids is 1. The minimum atomic E-state index is -0.414. The highest BCUT2D eigenvalue weighted by Gasteiger charge is 2.21. The van der Waals surface area contributed by atoms with Crippen LogP contribution in [0.25, 0.3) is 11.1 Å². The molecule has 0 unspecified atom stereocenters. The maximum atomic E-state index is 11.2. The molecule has 3 aromatic rings. The van der Waals surface area contributed by atoms with E-state index in [0.717, 1.165) is 67.1 Å². The van der Waals surface area contributed by atoms with Gasteiger partial charge in [0.25, 0.3) is 0 Å². The summed E-state index contributed by atoms with van der Waals surface area (Å²) >= 11 is 0. The van der Waals surface area contributed by atoms with Crippen LogP contribution < -0.4 is 5.73 Å². The number of amides is 1. The van der Waals surface area contributed by atoms with Crippen molar-refractivity contribution in [2.75, 3.05) is 26.8 Å². The lowest BCUT2D eigenvalue weighted by Crippen LogP contribution is -2.32. The first-order valence-corrected chi connectivity index (χ1v) is 11.0. The summed E-state index contributed by atoms with van der Waals surface area (Å²) in [6.07, 6.45) is 8.70. The first kappa shape index (κ1) is 22.0. The Bertz CT molecular complexity index is 1010. The molecule has 0 atom stereocenters. The predicted octanol–water partition coefficient (Wildman–Crippen LogP) is 3.21. The fraction of sp³-hybridized carbons (Fsp3) is 0.360. The maximum absolute atomic E-state index is 11.2. The third kappa shape index (κ3) is 5.55. The first-order chi connectivity index (χ1) is 15.6. The number of hydrogen-bond acceptors (Lipinski definition) is 6. The number of ether oxygens (including phenoxy) is 1. The minimum absolute atomic E-state index is 0.414. The van der Waals surface area contributed by atoms with E-state index in [-0.39, 0.29) is 0 Å². The molecule has 7 heteroatoms. The maximum Gasteiger partial charge on any atom is 0.248 e. The van der Waals surface area contributed by atoms with Crippen LogP contribution >= 0.6 is 0 Å². The third-order valence-electron chi connectivity index (χ3n) is 5.99. The van der Waals surface area contributed by atoms with Crippen LogP contribution in [0.15, 0.2) is 55.0 Å². The van der Waals surface area contributed by atoms with E-state index < -0.39 is 5.91 Å². The average Bonchev–Trinajstić information content (AvgIpc) is 2.84. The zero-order chi connectivity index (χ0) is 22.3. The summed E-state index contributed by atoms with van der Waals surface area (Å²) in [5.74, 6) is 0.890. The summed E-state index contributed by atoms with van der Waals surface area (Å²) < 4.78 is 5.08. The molecule has 2 aromatic heterocycles. The molecule has 1 aliphatic heterocycles. The van der Waals surface area contributed by atoms with Gasteiger partial charge in [-0.3, -0.25) is 14.7 Å². The normalized spacial score (nSPS) is 15.0. The lowest BCUT2D eigenvalue weighted by atomic mass is 9.92. The lowest BCUT2D eigenvalue weighted by Gasteiger charge is -2.31. The van der Waals surface area contributed by atoms with Gasteiger partial charge in [-0.15, -0.1) is 0 Å². The Morgan fingerprint density at radius 2 is 1.69 bits per heavy atom. The predicted molar refractivity (Wildman–Crippen MR) is 123 cm³/mol. The van der Waals surface area contributed by atoms with Gasteiger partial charge in [0.2, 0.25) is 5.91 Å². The summed E-state index contributed by atoms with van der Waals surface area (Å²) in [7, 11) is 1.69. The molecule has 1 aliphatic rings. The van der Waals surface area contributed by atoms with Crippen LogP contribution in [-0.2, 0) is 17.7 Å². The van der Waals surface area contributed by atoms with Gasteiger partial charge in [-0.2, -0.15) is 0 Å². The number of likely N-dealkylation sites (tertiary alicyclic amines) is 1. The van der Waals surface area contributed by atoms with Gasteiger partial charge in [-0.1, -0.05) is 18.2 Å². The van der Waals surface area contributed by atoms with Crippen molar-refractivity contribution in [2.24, 2.45) is 5.73 Å². The van der Waals surface area contributed by atoms with E-state index in [2.05, 4.69) is 27.0 Å². The molecular weight excluding hydrogens is 402 g/mol. The van der Waals surface area contributed by atoms with Gasteiger partial charge >= 0.3 is 0 Å². The van der Waals surface area contributed by atoms with Crippen molar-refractivity contribution < 1.29 is 9.53 Å². The van der Waals surface area contributed by atoms with Crippen LogP contribution in [0.5, 0.6) is 0 Å². The molecule has 7 nitrogen and oxygen atoms in total. The van der Waals surface area contributed by atoms with E-state index in [1.165, 1.54) is 0 Å². The molecule has 0 spiro atoms. The molecule has 166 valence electrons. The molecule has 1 amide bonds. The summed E-state index contributed by atoms with van der Waals surface area (Å²) in [6, 6.07) is 11.5. The number of methoxy groups -OCH3 is 1. The van der Waals surface area contributed by atoms with E-state index in [4.69, 9.17) is 15.5 Å². The number of primary amides is 1. The number of aromatic nitrogens is 3. The van der Waals surface area contributed by atoms with Crippen LogP contribution in [0, 0.1) is 0 Å². The van der Waals surface area contributed by atoms with Crippen LogP contribution in [0.3, 0.4) is 0 Å². The smallest absolute Gasteiger partial charge is 0.248 e. The number of carbonyl (C=O) groups is 1. The quantitative estimate of drug-likeness (QED) is 0.589. The third-order valence-corrected chi connectivity index (χ3v) is 5.99. The average molecular weight is 432 g/mol. The van der Waals surface area contributed by atoms with Crippen molar-refractivity contribution in [3.63, 3.8) is 0 Å². The largest absolute Gasteiger partial charge is 0.384 e. The molecule has 4 rings (SSSR count). The summed E-state index contributed by atoms with van der Waals surface area (Å²) in [5, 5.41) is 0. The Labute approximate surface area is 188 Å². The van der Waals surface area contributed by atoms with Gasteiger partial charge < -0.3 is 10.5 Å². The highest BCUT2D eigenvalue weighted by atomic mass is 16.5. The van der Waals surface area contributed by atoms with E-state index in [1.807, 2.05) is 30.7 Å². The molecular formula is C25H29N5O2. The first-order valence-electron chi connectivity index (χ1n) is 11.0. The van der Waals surface area contributed by atoms with Gasteiger partial charge in [0.05, 0.1) is 6.61 Å². The molecule has 1 aromatic carbocycles. The molecule has 0 aliphatic carbocycles. The van der Waals surface area contributed by atoms with E-state index >= 15 is 0 Å². The highest BCUT2D eigenvalue weighted by Crippen LogP contribution is 2.29. The van der Waals surface area contributed by atoms with Gasteiger partial charge in [-0.25, -0.2) is 9.97 Å². The summed E-state index contributed by atoms with van der Waals surface area (Å²) in [5.41, 5.74) is 10.2. The second-order valence-electron chi connectivity index (χ2n) is 8.21. The number of piperidine rings is 1. The van der Waals surface area contributed by atoms with Gasteiger partial charge in [0, 0.05) is 67.0 Å². The van der Waals surface area contributed by atoms with Crippen LogP contribution in [0.2, 0.25) is 0 Å². The zero-order valence-corrected chi connectivity index (χ0v) is 18.4. The Kier molecular flexibility index (Phi) is 7.19. The SMILES string of the molecule is COCCc1ncc(CN2CCC(c3ccc(-c4ccc(C(N)=O)cc4)cn3)CC2)cn1. The Balaban J connectivity index is 1.29. The van der Waals surface area contributed by atoms with Crippen molar-refractivity contribution in [3.05, 3.63) is 77.6 Å². The van der Waals surface area contributed by atoms with Gasteiger partial charge in [0.1, 0.15) is 5.82 Å². The van der Waals surface area contributed by atoms with Crippen molar-refractivity contribution >= 4 is 5.91 Å². The second-order valence-corrected chi connectivity index (χ2v) is 8.21. The Morgan fingerprint density at radius 3 is 2.28 bits per heavy atom. The Hall–Kier alpha value is -3.16. The molecule has 1 saturated heterocycles. The molecule has 1 fully saturated rings. The molecule has 0 bridgehead atoms. The van der Waals surface area contributed by atoms with Crippen molar-refractivity contribution in [1.29, 1.82) is 0 Å². The van der Waals surface area contributed by atoms with Crippen molar-refractivity contribution in [2.45, 2.75) is 31.7 Å². The highest BCUT2D eigenvalue weighted by molar-refractivity contribution is 5.93. The van der Waals surface area contributed by atoms with Crippen LogP contribution in [0.1, 0.15) is 46.2 Å². The fourth-order valence-corrected chi connectivity index (χ4v) is 4.08. The molecule has 2 N–H and O–H groups in total.